The van der Waals surface area contributed by atoms with Crippen LogP contribution in [0.5, 0.6) is 0 Å². The quantitative estimate of drug-likeness (QED) is 0.926. The van der Waals surface area contributed by atoms with E-state index in [1.807, 2.05) is 4.90 Å². The maximum absolute atomic E-state index is 12.5. The fourth-order valence-corrected chi connectivity index (χ4v) is 3.37. The minimum atomic E-state index is -4.37. The normalized spacial score (nSPS) is 22.6. The lowest BCUT2D eigenvalue weighted by Crippen LogP contribution is -2.35. The van der Waals surface area contributed by atoms with Gasteiger partial charge in [-0.3, -0.25) is 4.79 Å². The molecule has 4 nitrogen and oxygen atoms in total. The molecule has 3 rings (SSSR count). The lowest BCUT2D eigenvalue weighted by Gasteiger charge is -2.21. The lowest BCUT2D eigenvalue weighted by molar-refractivity contribution is -0.138. The first-order valence-corrected chi connectivity index (χ1v) is 8.02. The van der Waals surface area contributed by atoms with Gasteiger partial charge in [-0.1, -0.05) is 12.8 Å². The van der Waals surface area contributed by atoms with Crippen molar-refractivity contribution >= 4 is 11.7 Å². The van der Waals surface area contributed by atoms with Crippen molar-refractivity contribution in [3.05, 3.63) is 23.9 Å². The SMILES string of the molecule is O=C(C1CCCC1)N1CCC(Nc2ccc(C(F)(F)F)cn2)C1. The molecule has 1 aromatic rings. The number of aromatic nitrogens is 1. The van der Waals surface area contributed by atoms with Gasteiger partial charge in [-0.15, -0.1) is 0 Å². The van der Waals surface area contributed by atoms with Crippen molar-refractivity contribution in [2.24, 2.45) is 5.92 Å². The van der Waals surface area contributed by atoms with Crippen LogP contribution in [-0.2, 0) is 11.0 Å². The second-order valence-corrected chi connectivity index (χ2v) is 6.33. The van der Waals surface area contributed by atoms with Gasteiger partial charge >= 0.3 is 6.18 Å². The van der Waals surface area contributed by atoms with E-state index < -0.39 is 11.7 Å². The Labute approximate surface area is 133 Å². The van der Waals surface area contributed by atoms with Crippen LogP contribution in [0.15, 0.2) is 18.3 Å². The fourth-order valence-electron chi connectivity index (χ4n) is 3.37. The number of hydrogen-bond acceptors (Lipinski definition) is 3. The molecular weight excluding hydrogens is 307 g/mol. The number of hydrogen-bond donors (Lipinski definition) is 1. The summed E-state index contributed by atoms with van der Waals surface area (Å²) in [6.45, 7) is 1.30. The number of nitrogens with one attached hydrogen (secondary N) is 1. The predicted octanol–water partition coefficient (Wildman–Crippen LogP) is 3.30. The molecule has 0 radical (unpaired) electrons. The van der Waals surface area contributed by atoms with Crippen molar-refractivity contribution in [1.82, 2.24) is 9.88 Å². The molecule has 1 aliphatic carbocycles. The highest BCUT2D eigenvalue weighted by atomic mass is 19.4. The molecule has 2 fully saturated rings. The van der Waals surface area contributed by atoms with Crippen molar-refractivity contribution < 1.29 is 18.0 Å². The average molecular weight is 327 g/mol. The number of halogens is 3. The molecule has 1 amide bonds. The summed E-state index contributed by atoms with van der Waals surface area (Å²) >= 11 is 0. The second-order valence-electron chi connectivity index (χ2n) is 6.33. The molecule has 1 aliphatic heterocycles. The van der Waals surface area contributed by atoms with E-state index in [4.69, 9.17) is 0 Å². The number of anilines is 1. The van der Waals surface area contributed by atoms with Gasteiger partial charge in [0.25, 0.3) is 0 Å². The van der Waals surface area contributed by atoms with Crippen LogP contribution in [-0.4, -0.2) is 34.9 Å². The highest BCUT2D eigenvalue weighted by Crippen LogP contribution is 2.30. The summed E-state index contributed by atoms with van der Waals surface area (Å²) in [7, 11) is 0. The van der Waals surface area contributed by atoms with Gasteiger partial charge in [0.05, 0.1) is 5.56 Å². The minimum absolute atomic E-state index is 0.0459. The molecule has 1 N–H and O–H groups in total. The van der Waals surface area contributed by atoms with Crippen LogP contribution in [0.1, 0.15) is 37.7 Å². The van der Waals surface area contributed by atoms with Crippen molar-refractivity contribution in [3.8, 4) is 0 Å². The summed E-state index contributed by atoms with van der Waals surface area (Å²) in [6.07, 6.45) is 1.47. The van der Waals surface area contributed by atoms with E-state index in [-0.39, 0.29) is 17.9 Å². The first-order chi connectivity index (χ1) is 10.9. The summed E-state index contributed by atoms with van der Waals surface area (Å²) in [5.74, 6) is 0.809. The molecular formula is C16H20F3N3O. The summed E-state index contributed by atoms with van der Waals surface area (Å²) in [6, 6.07) is 2.40. The zero-order chi connectivity index (χ0) is 16.4. The van der Waals surface area contributed by atoms with Gasteiger partial charge in [-0.25, -0.2) is 4.98 Å². The van der Waals surface area contributed by atoms with Crippen LogP contribution < -0.4 is 5.32 Å². The van der Waals surface area contributed by atoms with Gasteiger partial charge in [0.1, 0.15) is 5.82 Å². The number of carbonyl (C=O) groups is 1. The molecule has 23 heavy (non-hydrogen) atoms. The predicted molar refractivity (Wildman–Crippen MR) is 79.8 cm³/mol. The molecule has 1 saturated heterocycles. The molecule has 126 valence electrons. The molecule has 1 atom stereocenters. The van der Waals surface area contributed by atoms with E-state index in [0.717, 1.165) is 44.4 Å². The number of pyridine rings is 1. The third kappa shape index (κ3) is 3.76. The Morgan fingerprint density at radius 1 is 1.22 bits per heavy atom. The molecule has 2 aliphatic rings. The molecule has 1 saturated carbocycles. The minimum Gasteiger partial charge on any atom is -0.365 e. The summed E-state index contributed by atoms with van der Waals surface area (Å²) < 4.78 is 37.5. The largest absolute Gasteiger partial charge is 0.417 e. The van der Waals surface area contributed by atoms with E-state index in [0.29, 0.717) is 18.9 Å². The molecule has 0 bridgehead atoms. The smallest absolute Gasteiger partial charge is 0.365 e. The maximum Gasteiger partial charge on any atom is 0.417 e. The van der Waals surface area contributed by atoms with Gasteiger partial charge < -0.3 is 10.2 Å². The van der Waals surface area contributed by atoms with Crippen molar-refractivity contribution in [2.75, 3.05) is 18.4 Å². The van der Waals surface area contributed by atoms with Crippen LogP contribution in [0.2, 0.25) is 0 Å². The summed E-state index contributed by atoms with van der Waals surface area (Å²) in [5, 5.41) is 3.12. The van der Waals surface area contributed by atoms with E-state index in [1.54, 1.807) is 0 Å². The Hall–Kier alpha value is -1.79. The highest BCUT2D eigenvalue weighted by Gasteiger charge is 2.33. The number of amides is 1. The summed E-state index contributed by atoms with van der Waals surface area (Å²) in [4.78, 5) is 18.1. The monoisotopic (exact) mass is 327 g/mol. The van der Waals surface area contributed by atoms with E-state index >= 15 is 0 Å². The molecule has 2 heterocycles. The topological polar surface area (TPSA) is 45.2 Å². The van der Waals surface area contributed by atoms with Crippen LogP contribution in [0.25, 0.3) is 0 Å². The second kappa shape index (κ2) is 6.37. The van der Waals surface area contributed by atoms with Crippen molar-refractivity contribution in [1.29, 1.82) is 0 Å². The first-order valence-electron chi connectivity index (χ1n) is 8.02. The molecule has 7 heteroatoms. The van der Waals surface area contributed by atoms with E-state index in [2.05, 4.69) is 10.3 Å². The number of alkyl halides is 3. The Morgan fingerprint density at radius 2 is 1.96 bits per heavy atom. The van der Waals surface area contributed by atoms with E-state index in [1.165, 1.54) is 6.07 Å². The van der Waals surface area contributed by atoms with Crippen LogP contribution in [0.3, 0.4) is 0 Å². The standard InChI is InChI=1S/C16H20F3N3O/c17-16(18,19)12-5-6-14(20-9-12)21-13-7-8-22(10-13)15(23)11-3-1-2-4-11/h5-6,9,11,13H,1-4,7-8,10H2,(H,20,21). The molecule has 0 spiro atoms. The molecule has 1 aromatic heterocycles. The average Bonchev–Trinajstić information content (AvgIpc) is 3.18. The van der Waals surface area contributed by atoms with Crippen molar-refractivity contribution in [2.45, 2.75) is 44.3 Å². The zero-order valence-electron chi connectivity index (χ0n) is 12.8. The Kier molecular flexibility index (Phi) is 4.46. The Bertz CT molecular complexity index is 553. The van der Waals surface area contributed by atoms with Crippen LogP contribution >= 0.6 is 0 Å². The maximum atomic E-state index is 12.5. The number of likely N-dealkylation sites (tertiary alicyclic amines) is 1. The van der Waals surface area contributed by atoms with E-state index in [9.17, 15) is 18.0 Å². The highest BCUT2D eigenvalue weighted by molar-refractivity contribution is 5.79. The van der Waals surface area contributed by atoms with Gasteiger partial charge in [0, 0.05) is 31.2 Å². The number of carbonyl (C=O) groups excluding carboxylic acids is 1. The summed E-state index contributed by atoms with van der Waals surface area (Å²) in [5.41, 5.74) is -0.757. The first kappa shape index (κ1) is 16.1. The van der Waals surface area contributed by atoms with Gasteiger partial charge in [-0.05, 0) is 31.4 Å². The van der Waals surface area contributed by atoms with Crippen molar-refractivity contribution in [3.63, 3.8) is 0 Å². The zero-order valence-corrected chi connectivity index (χ0v) is 12.8. The van der Waals surface area contributed by atoms with Crippen LogP contribution in [0, 0.1) is 5.92 Å². The number of nitrogens with zero attached hydrogens (tertiary/aromatic N) is 2. The fraction of sp³-hybridized carbons (Fsp3) is 0.625. The third-order valence-electron chi connectivity index (χ3n) is 4.65. The van der Waals surface area contributed by atoms with Crippen LogP contribution in [0.4, 0.5) is 19.0 Å². The molecule has 0 aromatic carbocycles. The third-order valence-corrected chi connectivity index (χ3v) is 4.65. The van der Waals surface area contributed by atoms with Gasteiger partial charge in [-0.2, -0.15) is 13.2 Å². The Morgan fingerprint density at radius 3 is 2.57 bits per heavy atom. The molecule has 1 unspecified atom stereocenters. The van der Waals surface area contributed by atoms with Gasteiger partial charge in [0.15, 0.2) is 0 Å². The number of rotatable bonds is 3. The van der Waals surface area contributed by atoms with Gasteiger partial charge in [0.2, 0.25) is 5.91 Å². The lowest BCUT2D eigenvalue weighted by atomic mass is 10.1. The Balaban J connectivity index is 1.54.